The first kappa shape index (κ1) is 12.8. The Morgan fingerprint density at radius 1 is 1.06 bits per heavy atom. The standard InChI is InChI=1S/C16H22/c1-5-7-9-15(8-6-2)16-11-10-13(3)14(4)12-16/h7-12H,5-6H2,1-4H3/b9-7-,15-8+. The van der Waals surface area contributed by atoms with Gasteiger partial charge >= 0.3 is 0 Å². The second-order valence-corrected chi connectivity index (χ2v) is 4.18. The summed E-state index contributed by atoms with van der Waals surface area (Å²) in [5.74, 6) is 0. The highest BCUT2D eigenvalue weighted by atomic mass is 14.0. The van der Waals surface area contributed by atoms with E-state index in [0.29, 0.717) is 0 Å². The fourth-order valence-corrected chi connectivity index (χ4v) is 1.67. The van der Waals surface area contributed by atoms with Crippen LogP contribution >= 0.6 is 0 Å². The molecule has 0 bridgehead atoms. The van der Waals surface area contributed by atoms with E-state index in [1.165, 1.54) is 22.3 Å². The van der Waals surface area contributed by atoms with Crippen molar-refractivity contribution in [3.63, 3.8) is 0 Å². The number of hydrogen-bond donors (Lipinski definition) is 0. The van der Waals surface area contributed by atoms with Crippen LogP contribution in [0.4, 0.5) is 0 Å². The lowest BCUT2D eigenvalue weighted by atomic mass is 9.99. The van der Waals surface area contributed by atoms with Gasteiger partial charge in [0, 0.05) is 0 Å². The van der Waals surface area contributed by atoms with Crippen molar-refractivity contribution in [1.82, 2.24) is 0 Å². The molecule has 0 aliphatic carbocycles. The highest BCUT2D eigenvalue weighted by molar-refractivity contribution is 5.74. The Morgan fingerprint density at radius 2 is 1.81 bits per heavy atom. The maximum atomic E-state index is 2.29. The molecular formula is C16H22. The average molecular weight is 214 g/mol. The molecule has 0 aliphatic rings. The largest absolute Gasteiger partial charge is 0.0842 e. The number of benzene rings is 1. The fraction of sp³-hybridized carbons (Fsp3) is 0.375. The summed E-state index contributed by atoms with van der Waals surface area (Å²) in [7, 11) is 0. The Balaban J connectivity index is 3.07. The van der Waals surface area contributed by atoms with Gasteiger partial charge in [0.05, 0.1) is 0 Å². The van der Waals surface area contributed by atoms with Crippen molar-refractivity contribution >= 4 is 5.57 Å². The van der Waals surface area contributed by atoms with Crippen molar-refractivity contribution in [2.75, 3.05) is 0 Å². The lowest BCUT2D eigenvalue weighted by molar-refractivity contribution is 1.21. The smallest absolute Gasteiger partial charge is 0.0185 e. The van der Waals surface area contributed by atoms with Crippen LogP contribution in [0.5, 0.6) is 0 Å². The molecule has 0 heteroatoms. The van der Waals surface area contributed by atoms with Gasteiger partial charge in [-0.1, -0.05) is 50.3 Å². The van der Waals surface area contributed by atoms with Gasteiger partial charge in [0.25, 0.3) is 0 Å². The van der Waals surface area contributed by atoms with Crippen molar-refractivity contribution < 1.29 is 0 Å². The molecule has 0 aromatic heterocycles. The molecule has 0 unspecified atom stereocenters. The predicted octanol–water partition coefficient (Wildman–Crippen LogP) is 5.06. The summed E-state index contributed by atoms with van der Waals surface area (Å²) >= 11 is 0. The molecule has 0 amide bonds. The molecule has 0 spiro atoms. The molecule has 0 aliphatic heterocycles. The Kier molecular flexibility index (Phi) is 5.04. The minimum atomic E-state index is 1.08. The van der Waals surface area contributed by atoms with Crippen molar-refractivity contribution in [2.24, 2.45) is 0 Å². The number of allylic oxidation sites excluding steroid dienone is 4. The molecule has 1 aromatic carbocycles. The summed E-state index contributed by atoms with van der Waals surface area (Å²) in [4.78, 5) is 0. The number of hydrogen-bond acceptors (Lipinski definition) is 0. The molecule has 0 nitrogen and oxygen atoms in total. The third-order valence-corrected chi connectivity index (χ3v) is 2.80. The van der Waals surface area contributed by atoms with Crippen LogP contribution in [0, 0.1) is 13.8 Å². The van der Waals surface area contributed by atoms with Crippen molar-refractivity contribution in [1.29, 1.82) is 0 Å². The quantitative estimate of drug-likeness (QED) is 0.614. The third-order valence-electron chi connectivity index (χ3n) is 2.80. The normalized spacial score (nSPS) is 12.4. The molecule has 0 atom stereocenters. The predicted molar refractivity (Wildman–Crippen MR) is 73.6 cm³/mol. The first-order valence-corrected chi connectivity index (χ1v) is 6.13. The van der Waals surface area contributed by atoms with Gasteiger partial charge in [-0.05, 0) is 49.0 Å². The van der Waals surface area contributed by atoms with E-state index >= 15 is 0 Å². The van der Waals surface area contributed by atoms with E-state index in [1.807, 2.05) is 0 Å². The van der Waals surface area contributed by atoms with Gasteiger partial charge in [0.15, 0.2) is 0 Å². The van der Waals surface area contributed by atoms with Crippen LogP contribution in [0.25, 0.3) is 5.57 Å². The molecule has 1 aromatic rings. The Morgan fingerprint density at radius 3 is 2.38 bits per heavy atom. The zero-order valence-corrected chi connectivity index (χ0v) is 10.9. The van der Waals surface area contributed by atoms with Crippen LogP contribution in [-0.2, 0) is 0 Å². The number of aryl methyl sites for hydroxylation is 2. The van der Waals surface area contributed by atoms with Crippen LogP contribution in [0.2, 0.25) is 0 Å². The second-order valence-electron chi connectivity index (χ2n) is 4.18. The van der Waals surface area contributed by atoms with Crippen molar-refractivity contribution in [3.8, 4) is 0 Å². The zero-order chi connectivity index (χ0) is 12.0. The second kappa shape index (κ2) is 6.32. The summed E-state index contributed by atoms with van der Waals surface area (Å²) in [6, 6.07) is 6.69. The van der Waals surface area contributed by atoms with E-state index in [2.05, 4.69) is 64.1 Å². The highest BCUT2D eigenvalue weighted by Gasteiger charge is 1.99. The van der Waals surface area contributed by atoms with E-state index in [9.17, 15) is 0 Å². The summed E-state index contributed by atoms with van der Waals surface area (Å²) in [6.45, 7) is 8.68. The van der Waals surface area contributed by atoms with E-state index < -0.39 is 0 Å². The van der Waals surface area contributed by atoms with Crippen LogP contribution < -0.4 is 0 Å². The Labute approximate surface area is 99.7 Å². The van der Waals surface area contributed by atoms with Gasteiger partial charge in [-0.15, -0.1) is 0 Å². The van der Waals surface area contributed by atoms with Crippen LogP contribution in [0.3, 0.4) is 0 Å². The third kappa shape index (κ3) is 3.37. The van der Waals surface area contributed by atoms with Gasteiger partial charge in [0.2, 0.25) is 0 Å². The lowest BCUT2D eigenvalue weighted by Crippen LogP contribution is -1.86. The maximum Gasteiger partial charge on any atom is -0.0185 e. The minimum absolute atomic E-state index is 1.08. The first-order valence-electron chi connectivity index (χ1n) is 6.13. The Hall–Kier alpha value is -1.30. The van der Waals surface area contributed by atoms with E-state index in [0.717, 1.165) is 12.8 Å². The van der Waals surface area contributed by atoms with Gasteiger partial charge < -0.3 is 0 Å². The minimum Gasteiger partial charge on any atom is -0.0842 e. The molecule has 0 saturated carbocycles. The average Bonchev–Trinajstić information content (AvgIpc) is 2.28. The van der Waals surface area contributed by atoms with Gasteiger partial charge in [-0.2, -0.15) is 0 Å². The number of rotatable bonds is 4. The maximum absolute atomic E-state index is 2.29. The lowest BCUT2D eigenvalue weighted by Gasteiger charge is -2.06. The summed E-state index contributed by atoms with van der Waals surface area (Å²) in [6.07, 6.45) is 8.91. The molecule has 0 N–H and O–H groups in total. The summed E-state index contributed by atoms with van der Waals surface area (Å²) in [5.41, 5.74) is 5.39. The molecule has 0 radical (unpaired) electrons. The van der Waals surface area contributed by atoms with E-state index in [4.69, 9.17) is 0 Å². The topological polar surface area (TPSA) is 0 Å². The molecular weight excluding hydrogens is 192 g/mol. The van der Waals surface area contributed by atoms with Gasteiger partial charge in [0.1, 0.15) is 0 Å². The highest BCUT2D eigenvalue weighted by Crippen LogP contribution is 2.20. The van der Waals surface area contributed by atoms with Crippen LogP contribution in [0.15, 0.2) is 36.4 Å². The van der Waals surface area contributed by atoms with Crippen molar-refractivity contribution in [3.05, 3.63) is 53.1 Å². The first-order chi connectivity index (χ1) is 7.69. The molecule has 0 saturated heterocycles. The Bertz CT molecular complexity index is 394. The monoisotopic (exact) mass is 214 g/mol. The van der Waals surface area contributed by atoms with Crippen LogP contribution in [0.1, 0.15) is 43.4 Å². The van der Waals surface area contributed by atoms with E-state index in [1.54, 1.807) is 0 Å². The van der Waals surface area contributed by atoms with Gasteiger partial charge in [-0.25, -0.2) is 0 Å². The zero-order valence-electron chi connectivity index (χ0n) is 10.9. The molecule has 0 fully saturated rings. The molecule has 86 valence electrons. The van der Waals surface area contributed by atoms with Crippen molar-refractivity contribution in [2.45, 2.75) is 40.5 Å². The molecule has 16 heavy (non-hydrogen) atoms. The summed E-state index contributed by atoms with van der Waals surface area (Å²) < 4.78 is 0. The molecule has 1 rings (SSSR count). The molecule has 0 heterocycles. The van der Waals surface area contributed by atoms with Gasteiger partial charge in [-0.3, -0.25) is 0 Å². The van der Waals surface area contributed by atoms with E-state index in [-0.39, 0.29) is 0 Å². The van der Waals surface area contributed by atoms with Crippen LogP contribution in [-0.4, -0.2) is 0 Å². The SMILES string of the molecule is CC/C=C\C(=C/CC)c1ccc(C)c(C)c1. The summed E-state index contributed by atoms with van der Waals surface area (Å²) in [5, 5.41) is 0. The fourth-order valence-electron chi connectivity index (χ4n) is 1.67.